The molecule has 1 aromatic rings. The van der Waals surface area contributed by atoms with Crippen LogP contribution in [0.2, 0.25) is 0 Å². The molecule has 3 heteroatoms. The van der Waals surface area contributed by atoms with Crippen LogP contribution in [0.3, 0.4) is 0 Å². The van der Waals surface area contributed by atoms with E-state index in [1.165, 1.54) is 24.8 Å². The molecule has 2 aliphatic rings. The molecular weight excluding hydrogens is 260 g/mol. The van der Waals surface area contributed by atoms with E-state index < -0.39 is 0 Å². The van der Waals surface area contributed by atoms with Crippen LogP contribution < -0.4 is 5.32 Å². The van der Waals surface area contributed by atoms with Crippen LogP contribution in [0.5, 0.6) is 0 Å². The number of carbonyl (C=O) groups is 1. The molecule has 2 unspecified atom stereocenters. The maximum atomic E-state index is 12.8. The minimum Gasteiger partial charge on any atom is -0.321 e. The Hall–Kier alpha value is -1.35. The fourth-order valence-corrected chi connectivity index (χ4v) is 3.55. The summed E-state index contributed by atoms with van der Waals surface area (Å²) in [5, 5.41) is 3.55. The first kappa shape index (κ1) is 14.6. The third-order valence-corrected chi connectivity index (χ3v) is 5.09. The molecule has 1 heterocycles. The van der Waals surface area contributed by atoms with Crippen LogP contribution in [0.1, 0.15) is 51.8 Å². The van der Waals surface area contributed by atoms with E-state index in [0.717, 1.165) is 6.54 Å². The molecule has 3 rings (SSSR count). The van der Waals surface area contributed by atoms with Gasteiger partial charge in [-0.1, -0.05) is 57.5 Å². The van der Waals surface area contributed by atoms with Gasteiger partial charge in [0.15, 0.2) is 0 Å². The number of benzene rings is 1. The standard InChI is InChI=1S/C18H26N2O/c1-13(2)15-17(21)20(12-18(3)10-7-11-18)16(19-15)14-8-5-4-6-9-14/h4-6,8-9,13,15-16,19H,7,10-12H2,1-3H3. The predicted molar refractivity (Wildman–Crippen MR) is 84.6 cm³/mol. The molecule has 21 heavy (non-hydrogen) atoms. The zero-order valence-corrected chi connectivity index (χ0v) is 13.3. The molecule has 0 bridgehead atoms. The summed E-state index contributed by atoms with van der Waals surface area (Å²) in [7, 11) is 0. The van der Waals surface area contributed by atoms with Crippen molar-refractivity contribution in [2.24, 2.45) is 11.3 Å². The van der Waals surface area contributed by atoms with Gasteiger partial charge < -0.3 is 4.90 Å². The molecule has 1 saturated carbocycles. The average molecular weight is 286 g/mol. The fraction of sp³-hybridized carbons (Fsp3) is 0.611. The van der Waals surface area contributed by atoms with Crippen LogP contribution in [-0.2, 0) is 4.79 Å². The molecule has 0 aromatic heterocycles. The Morgan fingerprint density at radius 1 is 1.29 bits per heavy atom. The van der Waals surface area contributed by atoms with Gasteiger partial charge in [-0.2, -0.15) is 0 Å². The number of nitrogens with one attached hydrogen (secondary N) is 1. The molecule has 1 aromatic carbocycles. The van der Waals surface area contributed by atoms with Gasteiger partial charge in [0.05, 0.1) is 6.04 Å². The molecule has 0 radical (unpaired) electrons. The van der Waals surface area contributed by atoms with Gasteiger partial charge >= 0.3 is 0 Å². The molecule has 0 spiro atoms. The van der Waals surface area contributed by atoms with Crippen molar-refractivity contribution in [1.29, 1.82) is 0 Å². The van der Waals surface area contributed by atoms with E-state index in [4.69, 9.17) is 0 Å². The van der Waals surface area contributed by atoms with Gasteiger partial charge in [0.25, 0.3) is 0 Å². The van der Waals surface area contributed by atoms with Gasteiger partial charge in [-0.15, -0.1) is 0 Å². The summed E-state index contributed by atoms with van der Waals surface area (Å²) in [6.07, 6.45) is 3.81. The second kappa shape index (κ2) is 5.45. The van der Waals surface area contributed by atoms with Crippen molar-refractivity contribution >= 4 is 5.91 Å². The number of nitrogens with zero attached hydrogens (tertiary/aromatic N) is 1. The largest absolute Gasteiger partial charge is 0.321 e. The third kappa shape index (κ3) is 2.71. The minimum absolute atomic E-state index is 0.0310. The first-order chi connectivity index (χ1) is 10.0. The van der Waals surface area contributed by atoms with Crippen molar-refractivity contribution in [2.45, 2.75) is 52.2 Å². The van der Waals surface area contributed by atoms with Crippen molar-refractivity contribution in [2.75, 3.05) is 6.54 Å². The number of rotatable bonds is 4. The lowest BCUT2D eigenvalue weighted by molar-refractivity contribution is -0.133. The van der Waals surface area contributed by atoms with E-state index in [1.807, 2.05) is 18.2 Å². The number of hydrogen-bond acceptors (Lipinski definition) is 2. The maximum absolute atomic E-state index is 12.8. The Labute approximate surface area is 127 Å². The van der Waals surface area contributed by atoms with Crippen molar-refractivity contribution in [1.82, 2.24) is 10.2 Å². The summed E-state index contributed by atoms with van der Waals surface area (Å²) in [6, 6.07) is 10.3. The summed E-state index contributed by atoms with van der Waals surface area (Å²) < 4.78 is 0. The quantitative estimate of drug-likeness (QED) is 0.921. The van der Waals surface area contributed by atoms with Crippen LogP contribution in [-0.4, -0.2) is 23.4 Å². The number of carbonyl (C=O) groups excluding carboxylic acids is 1. The number of hydrogen-bond donors (Lipinski definition) is 1. The van der Waals surface area contributed by atoms with E-state index in [-0.39, 0.29) is 18.1 Å². The molecule has 1 aliphatic carbocycles. The lowest BCUT2D eigenvalue weighted by Gasteiger charge is -2.42. The average Bonchev–Trinajstić information content (AvgIpc) is 2.76. The molecular formula is C18H26N2O. The molecule has 114 valence electrons. The van der Waals surface area contributed by atoms with Crippen molar-refractivity contribution in [3.63, 3.8) is 0 Å². The Morgan fingerprint density at radius 3 is 2.48 bits per heavy atom. The lowest BCUT2D eigenvalue weighted by Crippen LogP contribution is -2.43. The van der Waals surface area contributed by atoms with E-state index in [1.54, 1.807) is 0 Å². The van der Waals surface area contributed by atoms with Gasteiger partial charge in [-0.3, -0.25) is 10.1 Å². The Kier molecular flexibility index (Phi) is 3.78. The van der Waals surface area contributed by atoms with Gasteiger partial charge in [-0.25, -0.2) is 0 Å². The Balaban J connectivity index is 1.86. The second-order valence-corrected chi connectivity index (χ2v) is 7.33. The normalized spacial score (nSPS) is 28.0. The highest BCUT2D eigenvalue weighted by atomic mass is 16.2. The van der Waals surface area contributed by atoms with Crippen LogP contribution in [0.15, 0.2) is 30.3 Å². The summed E-state index contributed by atoms with van der Waals surface area (Å²) in [6.45, 7) is 7.43. The van der Waals surface area contributed by atoms with Crippen molar-refractivity contribution in [3.8, 4) is 0 Å². The van der Waals surface area contributed by atoms with Crippen LogP contribution in [0, 0.1) is 11.3 Å². The third-order valence-electron chi connectivity index (χ3n) is 5.09. The minimum atomic E-state index is -0.0566. The van der Waals surface area contributed by atoms with Gasteiger partial charge in [0.1, 0.15) is 6.17 Å². The van der Waals surface area contributed by atoms with Crippen LogP contribution in [0.25, 0.3) is 0 Å². The van der Waals surface area contributed by atoms with Gasteiger partial charge in [0, 0.05) is 6.54 Å². The molecule has 1 aliphatic heterocycles. The topological polar surface area (TPSA) is 32.3 Å². The maximum Gasteiger partial charge on any atom is 0.241 e. The van der Waals surface area contributed by atoms with E-state index in [9.17, 15) is 4.79 Å². The summed E-state index contributed by atoms with van der Waals surface area (Å²) >= 11 is 0. The Bertz CT molecular complexity index is 507. The SMILES string of the molecule is CC(C)C1NC(c2ccccc2)N(CC2(C)CCC2)C1=O. The van der Waals surface area contributed by atoms with Crippen LogP contribution in [0.4, 0.5) is 0 Å². The zero-order chi connectivity index (χ0) is 15.0. The highest BCUT2D eigenvalue weighted by Gasteiger charge is 2.45. The molecule has 1 amide bonds. The van der Waals surface area contributed by atoms with E-state index in [2.05, 4.69) is 43.1 Å². The summed E-state index contributed by atoms with van der Waals surface area (Å²) in [4.78, 5) is 14.9. The van der Waals surface area contributed by atoms with Crippen molar-refractivity contribution in [3.05, 3.63) is 35.9 Å². The molecule has 1 N–H and O–H groups in total. The van der Waals surface area contributed by atoms with E-state index in [0.29, 0.717) is 11.3 Å². The molecule has 1 saturated heterocycles. The lowest BCUT2D eigenvalue weighted by atomic mass is 9.70. The summed E-state index contributed by atoms with van der Waals surface area (Å²) in [5.74, 6) is 0.592. The zero-order valence-electron chi connectivity index (χ0n) is 13.3. The van der Waals surface area contributed by atoms with Crippen LogP contribution >= 0.6 is 0 Å². The predicted octanol–water partition coefficient (Wildman–Crippen LogP) is 3.33. The smallest absolute Gasteiger partial charge is 0.241 e. The van der Waals surface area contributed by atoms with Gasteiger partial charge in [0.2, 0.25) is 5.91 Å². The fourth-order valence-electron chi connectivity index (χ4n) is 3.55. The summed E-state index contributed by atoms with van der Waals surface area (Å²) in [5.41, 5.74) is 1.51. The number of amides is 1. The van der Waals surface area contributed by atoms with Gasteiger partial charge in [-0.05, 0) is 29.7 Å². The first-order valence-electron chi connectivity index (χ1n) is 8.12. The van der Waals surface area contributed by atoms with Crippen molar-refractivity contribution < 1.29 is 4.79 Å². The first-order valence-corrected chi connectivity index (χ1v) is 8.12. The second-order valence-electron chi connectivity index (χ2n) is 7.33. The monoisotopic (exact) mass is 286 g/mol. The molecule has 2 atom stereocenters. The Morgan fingerprint density at radius 2 is 1.95 bits per heavy atom. The molecule has 3 nitrogen and oxygen atoms in total. The van der Waals surface area contributed by atoms with E-state index >= 15 is 0 Å². The molecule has 2 fully saturated rings. The highest BCUT2D eigenvalue weighted by Crippen LogP contribution is 2.43. The highest BCUT2D eigenvalue weighted by molar-refractivity contribution is 5.85.